The molecule has 1 aromatic carbocycles. The van der Waals surface area contributed by atoms with E-state index in [4.69, 9.17) is 0 Å². The van der Waals surface area contributed by atoms with Crippen LogP contribution in [-0.4, -0.2) is 49.3 Å². The maximum Gasteiger partial charge on any atom is 0.243 e. The molecule has 122 valence electrons. The van der Waals surface area contributed by atoms with Gasteiger partial charge in [0.05, 0.1) is 4.90 Å². The number of benzene rings is 1. The molecular weight excluding hydrogens is 303 g/mol. The van der Waals surface area contributed by atoms with Crippen molar-refractivity contribution in [1.82, 2.24) is 9.21 Å². The smallest absolute Gasteiger partial charge is 0.243 e. The summed E-state index contributed by atoms with van der Waals surface area (Å²) in [5.41, 5.74) is 0.471. The van der Waals surface area contributed by atoms with Gasteiger partial charge >= 0.3 is 0 Å². The quantitative estimate of drug-likeness (QED) is 0.838. The Balaban J connectivity index is 1.91. The zero-order chi connectivity index (χ0) is 15.9. The summed E-state index contributed by atoms with van der Waals surface area (Å²) in [6.45, 7) is 6.00. The van der Waals surface area contributed by atoms with E-state index in [1.54, 1.807) is 11.2 Å². The highest BCUT2D eigenvalue weighted by Gasteiger charge is 2.39. The number of hydrogen-bond donors (Lipinski definition) is 0. The van der Waals surface area contributed by atoms with Crippen LogP contribution in [-0.2, 0) is 10.0 Å². The summed E-state index contributed by atoms with van der Waals surface area (Å²) in [7, 11) is -3.57. The summed E-state index contributed by atoms with van der Waals surface area (Å²) in [4.78, 5) is 2.64. The molecule has 0 amide bonds. The van der Waals surface area contributed by atoms with E-state index in [0.717, 1.165) is 19.5 Å². The van der Waals surface area contributed by atoms with Gasteiger partial charge in [0.1, 0.15) is 5.82 Å². The van der Waals surface area contributed by atoms with Crippen molar-refractivity contribution in [2.45, 2.75) is 50.1 Å². The number of rotatable bonds is 2. The second kappa shape index (κ2) is 5.91. The van der Waals surface area contributed by atoms with Gasteiger partial charge in [-0.3, -0.25) is 4.90 Å². The van der Waals surface area contributed by atoms with Crippen molar-refractivity contribution < 1.29 is 12.8 Å². The van der Waals surface area contributed by atoms with E-state index in [2.05, 4.69) is 4.90 Å². The van der Waals surface area contributed by atoms with E-state index in [1.807, 2.05) is 6.92 Å². The molecule has 2 aliphatic heterocycles. The average Bonchev–Trinajstić information content (AvgIpc) is 2.46. The van der Waals surface area contributed by atoms with Crippen LogP contribution < -0.4 is 0 Å². The number of fused-ring (bicyclic) bond motifs is 1. The van der Waals surface area contributed by atoms with E-state index >= 15 is 0 Å². The van der Waals surface area contributed by atoms with Crippen molar-refractivity contribution in [3.05, 3.63) is 29.6 Å². The summed E-state index contributed by atoms with van der Waals surface area (Å²) in [6.07, 6.45) is 3.42. The molecule has 2 fully saturated rings. The van der Waals surface area contributed by atoms with Gasteiger partial charge in [-0.25, -0.2) is 12.8 Å². The van der Waals surface area contributed by atoms with Crippen LogP contribution in [0, 0.1) is 12.7 Å². The summed E-state index contributed by atoms with van der Waals surface area (Å²) in [5, 5.41) is 0. The highest BCUT2D eigenvalue weighted by atomic mass is 32.2. The molecule has 0 radical (unpaired) electrons. The Morgan fingerprint density at radius 1 is 1.23 bits per heavy atom. The lowest BCUT2D eigenvalue weighted by Crippen LogP contribution is -2.59. The third-order valence-electron chi connectivity index (χ3n) is 4.85. The first-order valence-corrected chi connectivity index (χ1v) is 9.35. The molecule has 6 heteroatoms. The molecule has 0 N–H and O–H groups in total. The molecule has 1 aromatic rings. The Morgan fingerprint density at radius 2 is 2.00 bits per heavy atom. The fraction of sp³-hybridized carbons (Fsp3) is 0.625. The molecule has 0 aromatic heterocycles. The van der Waals surface area contributed by atoms with Gasteiger partial charge in [-0.05, 0) is 57.0 Å². The Hall–Kier alpha value is -0.980. The molecule has 2 saturated heterocycles. The predicted molar refractivity (Wildman–Crippen MR) is 83.7 cm³/mol. The van der Waals surface area contributed by atoms with Gasteiger partial charge in [0.25, 0.3) is 0 Å². The van der Waals surface area contributed by atoms with E-state index in [0.29, 0.717) is 18.2 Å². The summed E-state index contributed by atoms with van der Waals surface area (Å²) < 4.78 is 40.9. The first kappa shape index (κ1) is 15.9. The molecule has 2 unspecified atom stereocenters. The van der Waals surface area contributed by atoms with Gasteiger partial charge < -0.3 is 0 Å². The van der Waals surface area contributed by atoms with E-state index in [1.165, 1.54) is 31.0 Å². The van der Waals surface area contributed by atoms with Crippen molar-refractivity contribution in [2.24, 2.45) is 0 Å². The third-order valence-corrected chi connectivity index (χ3v) is 6.99. The zero-order valence-electron chi connectivity index (χ0n) is 13.1. The minimum absolute atomic E-state index is 0.0520. The fourth-order valence-corrected chi connectivity index (χ4v) is 5.56. The highest BCUT2D eigenvalue weighted by molar-refractivity contribution is 7.89. The molecule has 0 spiro atoms. The molecule has 0 saturated carbocycles. The van der Waals surface area contributed by atoms with Gasteiger partial charge in [-0.15, -0.1) is 0 Å². The molecule has 0 aliphatic carbocycles. The van der Waals surface area contributed by atoms with Crippen molar-refractivity contribution in [3.63, 3.8) is 0 Å². The van der Waals surface area contributed by atoms with Crippen LogP contribution >= 0.6 is 0 Å². The lowest BCUT2D eigenvalue weighted by atomic mass is 9.99. The standard InChI is InChI=1S/C16H23FN2O2S/c1-12-9-14(17)6-7-16(12)22(20,21)19-11-15-5-3-4-8-18(15)10-13(19)2/h6-7,9,13,15H,3-5,8,10-11H2,1-2H3. The lowest BCUT2D eigenvalue weighted by molar-refractivity contribution is 0.0564. The highest BCUT2D eigenvalue weighted by Crippen LogP contribution is 2.29. The molecule has 3 rings (SSSR count). The number of nitrogens with zero attached hydrogens (tertiary/aromatic N) is 2. The zero-order valence-corrected chi connectivity index (χ0v) is 13.9. The van der Waals surface area contributed by atoms with Crippen LogP contribution in [0.3, 0.4) is 0 Å². The van der Waals surface area contributed by atoms with Crippen molar-refractivity contribution in [1.29, 1.82) is 0 Å². The van der Waals surface area contributed by atoms with Gasteiger partial charge in [-0.2, -0.15) is 4.31 Å². The Kier molecular flexibility index (Phi) is 4.27. The third kappa shape index (κ3) is 2.79. The average molecular weight is 326 g/mol. The van der Waals surface area contributed by atoms with Crippen LogP contribution in [0.2, 0.25) is 0 Å². The second-order valence-electron chi connectivity index (χ2n) is 6.48. The van der Waals surface area contributed by atoms with Gasteiger partial charge in [0, 0.05) is 25.2 Å². The summed E-state index contributed by atoms with van der Waals surface area (Å²) in [5.74, 6) is -0.401. The fourth-order valence-electron chi connectivity index (χ4n) is 3.69. The molecular formula is C16H23FN2O2S. The monoisotopic (exact) mass is 326 g/mol. The first-order valence-electron chi connectivity index (χ1n) is 7.91. The Labute approximate surface area is 132 Å². The van der Waals surface area contributed by atoms with E-state index in [-0.39, 0.29) is 10.9 Å². The van der Waals surface area contributed by atoms with Crippen LogP contribution in [0.1, 0.15) is 31.7 Å². The minimum Gasteiger partial charge on any atom is -0.297 e. The van der Waals surface area contributed by atoms with Crippen LogP contribution in [0.4, 0.5) is 4.39 Å². The topological polar surface area (TPSA) is 40.6 Å². The van der Waals surface area contributed by atoms with E-state index in [9.17, 15) is 12.8 Å². The number of piperazine rings is 1. The van der Waals surface area contributed by atoms with Gasteiger partial charge in [0.15, 0.2) is 0 Å². The van der Waals surface area contributed by atoms with Crippen LogP contribution in [0.25, 0.3) is 0 Å². The van der Waals surface area contributed by atoms with Crippen molar-refractivity contribution >= 4 is 10.0 Å². The molecule has 2 aliphatic rings. The number of aryl methyl sites for hydroxylation is 1. The van der Waals surface area contributed by atoms with Gasteiger partial charge in [-0.1, -0.05) is 6.42 Å². The molecule has 0 bridgehead atoms. The maximum atomic E-state index is 13.3. The van der Waals surface area contributed by atoms with Crippen LogP contribution in [0.5, 0.6) is 0 Å². The molecule has 2 atom stereocenters. The lowest BCUT2D eigenvalue weighted by Gasteiger charge is -2.46. The molecule has 22 heavy (non-hydrogen) atoms. The maximum absolute atomic E-state index is 13.3. The van der Waals surface area contributed by atoms with Crippen molar-refractivity contribution in [3.8, 4) is 0 Å². The summed E-state index contributed by atoms with van der Waals surface area (Å²) >= 11 is 0. The van der Waals surface area contributed by atoms with Crippen molar-refractivity contribution in [2.75, 3.05) is 19.6 Å². The number of piperidine rings is 1. The normalized spacial score (nSPS) is 27.6. The number of sulfonamides is 1. The predicted octanol–water partition coefficient (Wildman–Crippen LogP) is 2.38. The molecule has 2 heterocycles. The SMILES string of the molecule is Cc1cc(F)ccc1S(=O)(=O)N1CC2CCCCN2CC1C. The second-order valence-corrected chi connectivity index (χ2v) is 8.34. The van der Waals surface area contributed by atoms with Gasteiger partial charge in [0.2, 0.25) is 10.0 Å². The number of hydrogen-bond acceptors (Lipinski definition) is 3. The Bertz CT molecular complexity index is 662. The minimum atomic E-state index is -3.57. The Morgan fingerprint density at radius 3 is 2.73 bits per heavy atom. The summed E-state index contributed by atoms with van der Waals surface area (Å²) in [6, 6.07) is 4.17. The van der Waals surface area contributed by atoms with E-state index < -0.39 is 15.8 Å². The first-order chi connectivity index (χ1) is 10.4. The molecule has 4 nitrogen and oxygen atoms in total. The largest absolute Gasteiger partial charge is 0.297 e. The number of halogens is 1. The van der Waals surface area contributed by atoms with Crippen LogP contribution in [0.15, 0.2) is 23.1 Å².